The number of hydrogen-bond donors (Lipinski definition) is 2. The Labute approximate surface area is 252 Å². The molecular formula is C30H25F3N8O2S. The molecule has 5 aromatic heterocycles. The molecular weight excluding hydrogens is 593 g/mol. The number of aromatic nitrogens is 6. The van der Waals surface area contributed by atoms with Gasteiger partial charge >= 0.3 is 6.18 Å². The van der Waals surface area contributed by atoms with Crippen LogP contribution in [-0.2, 0) is 19.3 Å². The number of nitrogens with zero attached hydrogens (tertiary/aromatic N) is 6. The fourth-order valence-electron chi connectivity index (χ4n) is 5.05. The van der Waals surface area contributed by atoms with Crippen molar-refractivity contribution in [3.8, 4) is 22.4 Å². The molecule has 224 valence electrons. The van der Waals surface area contributed by atoms with E-state index in [4.69, 9.17) is 10.7 Å². The highest BCUT2D eigenvalue weighted by molar-refractivity contribution is 7.21. The Morgan fingerprint density at radius 1 is 1.02 bits per heavy atom. The third-order valence-electron chi connectivity index (χ3n) is 7.19. The first-order valence-electron chi connectivity index (χ1n) is 13.6. The first-order chi connectivity index (χ1) is 21.0. The minimum Gasteiger partial charge on any atom is -0.365 e. The third-order valence-corrected chi connectivity index (χ3v) is 8.29. The summed E-state index contributed by atoms with van der Waals surface area (Å²) in [6.45, 7) is 6.59. The van der Waals surface area contributed by atoms with Crippen LogP contribution in [0.3, 0.4) is 0 Å². The normalized spacial score (nSPS) is 11.9. The van der Waals surface area contributed by atoms with Crippen molar-refractivity contribution in [1.82, 2.24) is 29.5 Å². The van der Waals surface area contributed by atoms with Crippen molar-refractivity contribution in [2.45, 2.75) is 40.0 Å². The molecule has 0 atom stereocenters. The average Bonchev–Trinajstić information content (AvgIpc) is 3.72. The van der Waals surface area contributed by atoms with Crippen LogP contribution in [0.1, 0.15) is 45.3 Å². The van der Waals surface area contributed by atoms with Crippen LogP contribution in [0.2, 0.25) is 0 Å². The van der Waals surface area contributed by atoms with Crippen LogP contribution in [0.4, 0.5) is 18.9 Å². The maximum Gasteiger partial charge on any atom is 0.433 e. The Hall–Kier alpha value is -5.11. The van der Waals surface area contributed by atoms with Crippen LogP contribution in [-0.4, -0.2) is 41.3 Å². The van der Waals surface area contributed by atoms with Gasteiger partial charge in [0.1, 0.15) is 15.4 Å². The number of pyridine rings is 2. The molecule has 6 aromatic rings. The van der Waals surface area contributed by atoms with Crippen molar-refractivity contribution < 1.29 is 22.8 Å². The van der Waals surface area contributed by atoms with Gasteiger partial charge in [0.2, 0.25) is 0 Å². The number of aryl methyl sites for hydroxylation is 3. The monoisotopic (exact) mass is 618 g/mol. The van der Waals surface area contributed by atoms with Crippen LogP contribution in [0, 0.1) is 6.92 Å². The predicted molar refractivity (Wildman–Crippen MR) is 161 cm³/mol. The molecule has 0 aliphatic rings. The van der Waals surface area contributed by atoms with Gasteiger partial charge in [-0.1, -0.05) is 18.2 Å². The lowest BCUT2D eigenvalue weighted by Gasteiger charge is -2.13. The fourth-order valence-corrected chi connectivity index (χ4v) is 6.06. The van der Waals surface area contributed by atoms with E-state index in [0.717, 1.165) is 6.07 Å². The van der Waals surface area contributed by atoms with E-state index in [1.807, 2.05) is 20.0 Å². The number of benzene rings is 1. The summed E-state index contributed by atoms with van der Waals surface area (Å²) < 4.78 is 45.3. The summed E-state index contributed by atoms with van der Waals surface area (Å²) in [4.78, 5) is 35.0. The molecule has 0 radical (unpaired) electrons. The molecule has 0 saturated carbocycles. The molecule has 0 spiro atoms. The van der Waals surface area contributed by atoms with Crippen LogP contribution < -0.4 is 11.1 Å². The van der Waals surface area contributed by atoms with E-state index in [0.29, 0.717) is 57.8 Å². The Kier molecular flexibility index (Phi) is 7.16. The Morgan fingerprint density at radius 2 is 1.77 bits per heavy atom. The number of para-hydroxylation sites is 1. The number of amides is 2. The molecule has 6 rings (SSSR count). The van der Waals surface area contributed by atoms with E-state index in [2.05, 4.69) is 20.5 Å². The van der Waals surface area contributed by atoms with E-state index >= 15 is 0 Å². The molecule has 10 nitrogen and oxygen atoms in total. The van der Waals surface area contributed by atoms with E-state index < -0.39 is 23.7 Å². The summed E-state index contributed by atoms with van der Waals surface area (Å²) in [6.07, 6.45) is 0.312. The number of halogens is 3. The highest BCUT2D eigenvalue weighted by Crippen LogP contribution is 2.44. The molecule has 1 aromatic carbocycles. The lowest BCUT2D eigenvalue weighted by Crippen LogP contribution is -2.17. The van der Waals surface area contributed by atoms with Gasteiger partial charge in [0.15, 0.2) is 0 Å². The summed E-state index contributed by atoms with van der Waals surface area (Å²) in [5, 5.41) is 12.2. The second kappa shape index (κ2) is 10.9. The number of fused-ring (bicyclic) bond motifs is 2. The standard InChI is InChI=1S/C30H25F3N8O2S/c1-4-40-13-16(12-35-40)22-10-19(17-8-6-7-9-21(17)36-22)28(43)38-25-24-18(20-14-41(5-2)39-15(20)3)11-23(30(31,32)33)37-29(24)44-26(25)27(34)42/h6-14H,4-5H2,1-3H3,(H2,34,42)(H,38,43). The lowest BCUT2D eigenvalue weighted by molar-refractivity contribution is -0.140. The molecule has 5 heterocycles. The maximum atomic E-state index is 14.1. The van der Waals surface area contributed by atoms with Gasteiger partial charge in [-0.15, -0.1) is 11.3 Å². The summed E-state index contributed by atoms with van der Waals surface area (Å²) in [5.41, 5.74) is 7.50. The van der Waals surface area contributed by atoms with Gasteiger partial charge in [0, 0.05) is 47.4 Å². The quantitative estimate of drug-likeness (QED) is 0.216. The zero-order chi connectivity index (χ0) is 31.3. The summed E-state index contributed by atoms with van der Waals surface area (Å²) in [5.74, 6) is -1.53. The Bertz CT molecular complexity index is 2090. The maximum absolute atomic E-state index is 14.1. The Balaban J connectivity index is 1.56. The largest absolute Gasteiger partial charge is 0.433 e. The van der Waals surface area contributed by atoms with Gasteiger partial charge in [0.25, 0.3) is 11.8 Å². The summed E-state index contributed by atoms with van der Waals surface area (Å²) in [7, 11) is 0. The second-order valence-electron chi connectivity index (χ2n) is 10.00. The van der Waals surface area contributed by atoms with Gasteiger partial charge in [-0.2, -0.15) is 23.4 Å². The predicted octanol–water partition coefficient (Wildman–Crippen LogP) is 6.29. The number of hydrogen-bond acceptors (Lipinski definition) is 7. The van der Waals surface area contributed by atoms with E-state index in [1.54, 1.807) is 59.0 Å². The SMILES string of the molecule is CCn1cc(-c2cc(C(=O)Nc3c(C(N)=O)sc4nc(C(F)(F)F)cc(-c5cn(CC)nc5C)c34)c3ccccc3n2)cn1. The summed E-state index contributed by atoms with van der Waals surface area (Å²) in [6, 6.07) is 9.59. The number of primary amides is 1. The van der Waals surface area contributed by atoms with Gasteiger partial charge < -0.3 is 11.1 Å². The van der Waals surface area contributed by atoms with E-state index in [-0.39, 0.29) is 31.9 Å². The van der Waals surface area contributed by atoms with E-state index in [9.17, 15) is 22.8 Å². The first kappa shape index (κ1) is 29.0. The number of thiophene rings is 1. The number of nitrogens with two attached hydrogens (primary N) is 1. The molecule has 0 unspecified atom stereocenters. The fraction of sp³-hybridized carbons (Fsp3) is 0.200. The number of carbonyl (C=O) groups excluding carboxylic acids is 2. The molecule has 0 bridgehead atoms. The first-order valence-corrected chi connectivity index (χ1v) is 14.4. The van der Waals surface area contributed by atoms with Crippen molar-refractivity contribution in [1.29, 1.82) is 0 Å². The van der Waals surface area contributed by atoms with Crippen molar-refractivity contribution in [3.05, 3.63) is 76.8 Å². The Morgan fingerprint density at radius 3 is 2.43 bits per heavy atom. The smallest absolute Gasteiger partial charge is 0.365 e. The topological polar surface area (TPSA) is 134 Å². The van der Waals surface area contributed by atoms with E-state index in [1.165, 1.54) is 0 Å². The van der Waals surface area contributed by atoms with Crippen LogP contribution in [0.15, 0.2) is 55.0 Å². The zero-order valence-corrected chi connectivity index (χ0v) is 24.5. The van der Waals surface area contributed by atoms with Gasteiger partial charge in [-0.05, 0) is 44.5 Å². The molecule has 2 amide bonds. The van der Waals surface area contributed by atoms with Gasteiger partial charge in [-0.25, -0.2) is 9.97 Å². The summed E-state index contributed by atoms with van der Waals surface area (Å²) >= 11 is 0.685. The molecule has 0 aliphatic heterocycles. The number of anilines is 1. The molecule has 14 heteroatoms. The van der Waals surface area contributed by atoms with Crippen LogP contribution >= 0.6 is 11.3 Å². The minimum absolute atomic E-state index is 0.0244. The number of carbonyl (C=O) groups is 2. The van der Waals surface area contributed by atoms with Gasteiger partial charge in [0.05, 0.1) is 34.4 Å². The van der Waals surface area contributed by atoms with Crippen molar-refractivity contribution in [2.75, 3.05) is 5.32 Å². The second-order valence-corrected chi connectivity index (χ2v) is 11.0. The van der Waals surface area contributed by atoms with Crippen molar-refractivity contribution in [3.63, 3.8) is 0 Å². The molecule has 0 fully saturated rings. The molecule has 44 heavy (non-hydrogen) atoms. The van der Waals surface area contributed by atoms with Crippen molar-refractivity contribution >= 4 is 50.0 Å². The number of alkyl halides is 3. The minimum atomic E-state index is -4.77. The van der Waals surface area contributed by atoms with Crippen molar-refractivity contribution in [2.24, 2.45) is 5.73 Å². The molecule has 0 saturated heterocycles. The highest BCUT2D eigenvalue weighted by atomic mass is 32.1. The van der Waals surface area contributed by atoms with Gasteiger partial charge in [-0.3, -0.25) is 19.0 Å². The number of rotatable bonds is 7. The lowest BCUT2D eigenvalue weighted by atomic mass is 10.0. The molecule has 0 aliphatic carbocycles. The highest BCUT2D eigenvalue weighted by Gasteiger charge is 2.35. The average molecular weight is 619 g/mol. The van der Waals surface area contributed by atoms with Crippen LogP contribution in [0.5, 0.6) is 0 Å². The zero-order valence-electron chi connectivity index (χ0n) is 23.7. The number of nitrogens with one attached hydrogen (secondary N) is 1. The third kappa shape index (κ3) is 5.06. The van der Waals surface area contributed by atoms with Crippen LogP contribution in [0.25, 0.3) is 43.5 Å². The molecule has 3 N–H and O–H groups in total.